The second kappa shape index (κ2) is 14.3. The van der Waals surface area contributed by atoms with E-state index < -0.39 is 28.5 Å². The second-order valence-electron chi connectivity index (χ2n) is 10.4. The van der Waals surface area contributed by atoms with E-state index in [4.69, 9.17) is 11.6 Å². The number of benzene rings is 3. The number of amides is 2. The zero-order chi connectivity index (χ0) is 30.2. The summed E-state index contributed by atoms with van der Waals surface area (Å²) in [6.07, 6.45) is 1.23. The Kier molecular flexibility index (Phi) is 11.1. The molecule has 2 amide bonds. The van der Waals surface area contributed by atoms with Gasteiger partial charge in [0.2, 0.25) is 21.8 Å². The maximum atomic E-state index is 14.1. The Morgan fingerprint density at radius 2 is 1.56 bits per heavy atom. The number of Topliss-reactive ketones (excluding diaryl/α,β-unsaturated/α-hetero) is 1. The molecule has 3 rings (SSSR count). The molecule has 0 aromatic heterocycles. The smallest absolute Gasteiger partial charge is 0.244 e. The van der Waals surface area contributed by atoms with Crippen LogP contribution >= 0.6 is 11.6 Å². The molecule has 0 saturated carbocycles. The van der Waals surface area contributed by atoms with Crippen molar-refractivity contribution in [1.29, 1.82) is 0 Å². The average molecular weight is 598 g/mol. The molecule has 0 unspecified atom stereocenters. The van der Waals surface area contributed by atoms with Crippen LogP contribution in [0.2, 0.25) is 5.02 Å². The highest BCUT2D eigenvalue weighted by molar-refractivity contribution is 7.92. The summed E-state index contributed by atoms with van der Waals surface area (Å²) < 4.78 is 26.8. The van der Waals surface area contributed by atoms with Crippen molar-refractivity contribution < 1.29 is 22.8 Å². The molecule has 3 aromatic rings. The van der Waals surface area contributed by atoms with Crippen LogP contribution in [0.1, 0.15) is 42.3 Å². The molecule has 41 heavy (non-hydrogen) atoms. The van der Waals surface area contributed by atoms with Gasteiger partial charge < -0.3 is 10.2 Å². The number of nitrogens with zero attached hydrogens (tertiary/aromatic N) is 2. The summed E-state index contributed by atoms with van der Waals surface area (Å²) in [6.45, 7) is 5.24. The molecule has 0 heterocycles. The minimum Gasteiger partial charge on any atom is -0.354 e. The van der Waals surface area contributed by atoms with E-state index in [9.17, 15) is 22.8 Å². The van der Waals surface area contributed by atoms with E-state index in [0.717, 1.165) is 21.7 Å². The first-order valence-corrected chi connectivity index (χ1v) is 15.5. The van der Waals surface area contributed by atoms with Crippen molar-refractivity contribution in [2.24, 2.45) is 5.92 Å². The lowest BCUT2D eigenvalue weighted by atomic mass is 10.0. The first kappa shape index (κ1) is 31.8. The van der Waals surface area contributed by atoms with Gasteiger partial charge in [-0.25, -0.2) is 8.42 Å². The number of nitrogens with one attached hydrogen (secondary N) is 1. The molecule has 0 bridgehead atoms. The summed E-state index contributed by atoms with van der Waals surface area (Å²) in [4.78, 5) is 41.1. The molecule has 1 N–H and O–H groups in total. The molecule has 0 saturated heterocycles. The first-order valence-electron chi connectivity index (χ1n) is 13.3. The van der Waals surface area contributed by atoms with E-state index in [-0.39, 0.29) is 36.3 Å². The van der Waals surface area contributed by atoms with E-state index >= 15 is 0 Å². The normalized spacial score (nSPS) is 12.0. The number of ketones is 1. The molecule has 0 spiro atoms. The standard InChI is InChI=1S/C31H36ClN3O5S/c1-22(2)19-33-31(38)29(17-24-9-6-5-7-10-24)34(20-25-13-15-27(32)16-14-25)30(37)21-35(41(4,39)40)28-12-8-11-26(18-28)23(3)36/h5-16,18,22,29H,17,19-21H2,1-4H3,(H,33,38)/t29-/m1/s1. The molecule has 8 nitrogen and oxygen atoms in total. The molecule has 0 aliphatic rings. The summed E-state index contributed by atoms with van der Waals surface area (Å²) >= 11 is 6.08. The zero-order valence-electron chi connectivity index (χ0n) is 23.7. The van der Waals surface area contributed by atoms with Crippen molar-refractivity contribution in [3.8, 4) is 0 Å². The lowest BCUT2D eigenvalue weighted by Crippen LogP contribution is -2.53. The van der Waals surface area contributed by atoms with Gasteiger partial charge in [0.15, 0.2) is 5.78 Å². The Morgan fingerprint density at radius 3 is 2.15 bits per heavy atom. The fourth-order valence-electron chi connectivity index (χ4n) is 4.26. The Balaban J connectivity index is 2.06. The number of carbonyl (C=O) groups excluding carboxylic acids is 3. The number of anilines is 1. The predicted molar refractivity (Wildman–Crippen MR) is 162 cm³/mol. The molecule has 10 heteroatoms. The van der Waals surface area contributed by atoms with E-state index in [0.29, 0.717) is 17.1 Å². The molecule has 1 atom stereocenters. The van der Waals surface area contributed by atoms with Gasteiger partial charge >= 0.3 is 0 Å². The number of carbonyl (C=O) groups is 3. The maximum absolute atomic E-state index is 14.1. The van der Waals surface area contributed by atoms with Gasteiger partial charge in [-0.15, -0.1) is 0 Å². The topological polar surface area (TPSA) is 104 Å². The van der Waals surface area contributed by atoms with Gasteiger partial charge in [-0.3, -0.25) is 18.7 Å². The summed E-state index contributed by atoms with van der Waals surface area (Å²) in [6, 6.07) is 21.4. The number of hydrogen-bond donors (Lipinski definition) is 1. The van der Waals surface area contributed by atoms with Crippen LogP contribution in [0, 0.1) is 5.92 Å². The summed E-state index contributed by atoms with van der Waals surface area (Å²) in [5, 5.41) is 3.47. The molecule has 0 aliphatic heterocycles. The second-order valence-corrected chi connectivity index (χ2v) is 12.7. The molecule has 0 fully saturated rings. The van der Waals surface area contributed by atoms with Crippen LogP contribution in [0.4, 0.5) is 5.69 Å². The van der Waals surface area contributed by atoms with Crippen molar-refractivity contribution >= 4 is 44.9 Å². The predicted octanol–water partition coefficient (Wildman–Crippen LogP) is 4.72. The van der Waals surface area contributed by atoms with Gasteiger partial charge in [0, 0.05) is 30.1 Å². The van der Waals surface area contributed by atoms with Crippen molar-refractivity contribution in [2.75, 3.05) is 23.7 Å². The van der Waals surface area contributed by atoms with E-state index in [1.165, 1.54) is 24.0 Å². The quantitative estimate of drug-likeness (QED) is 0.287. The first-order chi connectivity index (χ1) is 19.3. The molecule has 3 aromatic carbocycles. The third-order valence-electron chi connectivity index (χ3n) is 6.44. The largest absolute Gasteiger partial charge is 0.354 e. The molecular weight excluding hydrogens is 562 g/mol. The minimum absolute atomic E-state index is 0.0493. The van der Waals surface area contributed by atoms with Crippen LogP contribution in [-0.4, -0.2) is 56.3 Å². The Labute approximate surface area is 247 Å². The summed E-state index contributed by atoms with van der Waals surface area (Å²) in [5.41, 5.74) is 2.07. The van der Waals surface area contributed by atoms with Crippen LogP contribution in [0.5, 0.6) is 0 Å². The summed E-state index contributed by atoms with van der Waals surface area (Å²) in [5.74, 6) is -0.958. The van der Waals surface area contributed by atoms with Crippen molar-refractivity contribution in [2.45, 2.75) is 39.8 Å². The maximum Gasteiger partial charge on any atom is 0.244 e. The van der Waals surface area contributed by atoms with E-state index in [2.05, 4.69) is 5.32 Å². The van der Waals surface area contributed by atoms with Crippen LogP contribution in [0.3, 0.4) is 0 Å². The van der Waals surface area contributed by atoms with Crippen LogP contribution in [-0.2, 0) is 32.6 Å². The Bertz CT molecular complexity index is 1460. The van der Waals surface area contributed by atoms with Gasteiger partial charge in [-0.05, 0) is 48.2 Å². The SMILES string of the molecule is CC(=O)c1cccc(N(CC(=O)N(Cc2ccc(Cl)cc2)[C@H](Cc2ccccc2)C(=O)NCC(C)C)S(C)(=O)=O)c1. The van der Waals surface area contributed by atoms with Crippen LogP contribution in [0.15, 0.2) is 78.9 Å². The number of rotatable bonds is 13. The number of halogens is 1. The van der Waals surface area contributed by atoms with Gasteiger partial charge in [0.05, 0.1) is 11.9 Å². The highest BCUT2D eigenvalue weighted by atomic mass is 35.5. The lowest BCUT2D eigenvalue weighted by Gasteiger charge is -2.33. The van der Waals surface area contributed by atoms with Crippen LogP contribution < -0.4 is 9.62 Å². The van der Waals surface area contributed by atoms with E-state index in [1.807, 2.05) is 44.2 Å². The zero-order valence-corrected chi connectivity index (χ0v) is 25.3. The molecule has 0 aliphatic carbocycles. The lowest BCUT2D eigenvalue weighted by molar-refractivity contribution is -0.140. The van der Waals surface area contributed by atoms with Crippen molar-refractivity contribution in [3.05, 3.63) is 101 Å². The number of hydrogen-bond acceptors (Lipinski definition) is 5. The van der Waals surface area contributed by atoms with Gasteiger partial charge in [0.1, 0.15) is 12.6 Å². The fourth-order valence-corrected chi connectivity index (χ4v) is 5.22. The highest BCUT2D eigenvalue weighted by Gasteiger charge is 2.33. The summed E-state index contributed by atoms with van der Waals surface area (Å²) in [7, 11) is -3.94. The average Bonchev–Trinajstić information content (AvgIpc) is 2.93. The van der Waals surface area contributed by atoms with Gasteiger partial charge in [0.25, 0.3) is 0 Å². The van der Waals surface area contributed by atoms with Gasteiger partial charge in [-0.2, -0.15) is 0 Å². The minimum atomic E-state index is -3.94. The Morgan fingerprint density at radius 1 is 0.902 bits per heavy atom. The van der Waals surface area contributed by atoms with E-state index in [1.54, 1.807) is 36.4 Å². The third-order valence-corrected chi connectivity index (χ3v) is 7.83. The molecular formula is C31H36ClN3O5S. The highest BCUT2D eigenvalue weighted by Crippen LogP contribution is 2.22. The van der Waals surface area contributed by atoms with Crippen LogP contribution in [0.25, 0.3) is 0 Å². The van der Waals surface area contributed by atoms with Crippen molar-refractivity contribution in [1.82, 2.24) is 10.2 Å². The molecule has 0 radical (unpaired) electrons. The van der Waals surface area contributed by atoms with Gasteiger partial charge in [-0.1, -0.05) is 80.0 Å². The number of sulfonamides is 1. The fraction of sp³-hybridized carbons (Fsp3) is 0.323. The molecule has 218 valence electrons. The van der Waals surface area contributed by atoms with Crippen molar-refractivity contribution in [3.63, 3.8) is 0 Å². The monoisotopic (exact) mass is 597 g/mol. The Hall–Kier alpha value is -3.69. The third kappa shape index (κ3) is 9.43.